The van der Waals surface area contributed by atoms with Crippen LogP contribution in [0.2, 0.25) is 0 Å². The molecule has 0 N–H and O–H groups in total. The van der Waals surface area contributed by atoms with Crippen molar-refractivity contribution >= 4 is 11.0 Å². The second-order valence-electron chi connectivity index (χ2n) is 2.80. The van der Waals surface area contributed by atoms with Gasteiger partial charge in [0.1, 0.15) is 11.5 Å². The van der Waals surface area contributed by atoms with E-state index in [2.05, 4.69) is 21.5 Å². The van der Waals surface area contributed by atoms with Crippen molar-refractivity contribution in [1.82, 2.24) is 14.5 Å². The molecule has 0 amide bonds. The molecule has 12 heavy (non-hydrogen) atoms. The van der Waals surface area contributed by atoms with Crippen LogP contribution in [0, 0.1) is 6.92 Å². The Balaban J connectivity index is 2.75. The number of aryl methyl sites for hydroxylation is 2. The minimum atomic E-state index is 0.830. The number of hydrogen-bond acceptors (Lipinski definition) is 2. The Hall–Kier alpha value is -1.38. The van der Waals surface area contributed by atoms with Crippen molar-refractivity contribution in [3.63, 3.8) is 0 Å². The fraction of sp³-hybridized carbons (Fsp3) is 0.333. The molecule has 0 spiro atoms. The van der Waals surface area contributed by atoms with Crippen LogP contribution in [-0.2, 0) is 6.54 Å². The molecule has 0 radical (unpaired) electrons. The molecule has 0 atom stereocenters. The van der Waals surface area contributed by atoms with Crippen molar-refractivity contribution in [2.75, 3.05) is 0 Å². The minimum absolute atomic E-state index is 0.830. The number of rotatable bonds is 1. The van der Waals surface area contributed by atoms with Crippen LogP contribution in [0.3, 0.4) is 0 Å². The second kappa shape index (κ2) is 2.59. The Bertz CT molecular complexity index is 403. The van der Waals surface area contributed by atoms with Crippen LogP contribution < -0.4 is 0 Å². The third kappa shape index (κ3) is 0.978. The van der Waals surface area contributed by atoms with Crippen molar-refractivity contribution in [3.05, 3.63) is 24.3 Å². The van der Waals surface area contributed by atoms with Gasteiger partial charge in [0.25, 0.3) is 0 Å². The maximum Gasteiger partial charge on any atom is 0.143 e. The van der Waals surface area contributed by atoms with E-state index >= 15 is 0 Å². The van der Waals surface area contributed by atoms with Crippen LogP contribution >= 0.6 is 0 Å². The monoisotopic (exact) mass is 161 g/mol. The minimum Gasteiger partial charge on any atom is -0.333 e. The summed E-state index contributed by atoms with van der Waals surface area (Å²) in [5, 5.41) is 1.11. The molecule has 62 valence electrons. The largest absolute Gasteiger partial charge is 0.333 e. The van der Waals surface area contributed by atoms with E-state index in [1.165, 1.54) is 0 Å². The lowest BCUT2D eigenvalue weighted by Crippen LogP contribution is -1.95. The Morgan fingerprint density at radius 3 is 3.08 bits per heavy atom. The molecule has 2 heterocycles. The number of aromatic nitrogens is 3. The highest BCUT2D eigenvalue weighted by Gasteiger charge is 2.00. The molecule has 0 saturated carbocycles. The highest BCUT2D eigenvalue weighted by molar-refractivity contribution is 5.74. The normalized spacial score (nSPS) is 10.8. The first-order valence-electron chi connectivity index (χ1n) is 4.09. The number of hydrogen-bond donors (Lipinski definition) is 0. The van der Waals surface area contributed by atoms with Gasteiger partial charge < -0.3 is 4.57 Å². The zero-order chi connectivity index (χ0) is 8.55. The highest BCUT2D eigenvalue weighted by Crippen LogP contribution is 2.11. The molecule has 0 saturated heterocycles. The van der Waals surface area contributed by atoms with Crippen molar-refractivity contribution in [1.29, 1.82) is 0 Å². The van der Waals surface area contributed by atoms with Crippen LogP contribution in [0.4, 0.5) is 0 Å². The molecule has 0 bridgehead atoms. The SMILES string of the molecule is CCn1ccc2cnc(C)nc21. The van der Waals surface area contributed by atoms with Gasteiger partial charge in [0.15, 0.2) is 0 Å². The van der Waals surface area contributed by atoms with Gasteiger partial charge in [0.2, 0.25) is 0 Å². The van der Waals surface area contributed by atoms with Crippen molar-refractivity contribution < 1.29 is 0 Å². The van der Waals surface area contributed by atoms with E-state index in [-0.39, 0.29) is 0 Å². The Labute approximate surface area is 71.1 Å². The topological polar surface area (TPSA) is 30.7 Å². The molecule has 0 aliphatic carbocycles. The van der Waals surface area contributed by atoms with E-state index in [1.54, 1.807) is 0 Å². The first kappa shape index (κ1) is 7.28. The van der Waals surface area contributed by atoms with Crippen molar-refractivity contribution in [3.8, 4) is 0 Å². The molecular formula is C9H11N3. The summed E-state index contributed by atoms with van der Waals surface area (Å²) in [7, 11) is 0. The molecule has 0 fully saturated rings. The summed E-state index contributed by atoms with van der Waals surface area (Å²) in [6.07, 6.45) is 3.91. The molecule has 0 unspecified atom stereocenters. The fourth-order valence-corrected chi connectivity index (χ4v) is 1.31. The molecule has 2 aromatic heterocycles. The van der Waals surface area contributed by atoms with Crippen LogP contribution in [0.5, 0.6) is 0 Å². The Kier molecular flexibility index (Phi) is 1.57. The summed E-state index contributed by atoms with van der Waals surface area (Å²) in [4.78, 5) is 8.49. The quantitative estimate of drug-likeness (QED) is 0.638. The second-order valence-corrected chi connectivity index (χ2v) is 2.80. The first-order valence-corrected chi connectivity index (χ1v) is 4.09. The molecular weight excluding hydrogens is 150 g/mol. The Morgan fingerprint density at radius 2 is 2.33 bits per heavy atom. The summed E-state index contributed by atoms with van der Waals surface area (Å²) in [6.45, 7) is 4.98. The zero-order valence-electron chi connectivity index (χ0n) is 7.28. The molecule has 0 aliphatic rings. The highest BCUT2D eigenvalue weighted by atomic mass is 15.0. The average Bonchev–Trinajstić information content (AvgIpc) is 2.46. The maximum absolute atomic E-state index is 4.36. The first-order chi connectivity index (χ1) is 5.81. The predicted molar refractivity (Wildman–Crippen MR) is 47.9 cm³/mol. The molecule has 2 aromatic rings. The zero-order valence-corrected chi connectivity index (χ0v) is 7.28. The summed E-state index contributed by atoms with van der Waals surface area (Å²) in [5.74, 6) is 0.830. The smallest absolute Gasteiger partial charge is 0.143 e. The summed E-state index contributed by atoms with van der Waals surface area (Å²) in [6, 6.07) is 2.04. The number of fused-ring (bicyclic) bond motifs is 1. The molecule has 3 nitrogen and oxygen atoms in total. The molecule has 3 heteroatoms. The average molecular weight is 161 g/mol. The standard InChI is InChI=1S/C9H11N3/c1-3-12-5-4-8-6-10-7(2)11-9(8)12/h4-6H,3H2,1-2H3. The summed E-state index contributed by atoms with van der Waals surface area (Å²) >= 11 is 0. The van der Waals surface area contributed by atoms with E-state index in [9.17, 15) is 0 Å². The van der Waals surface area contributed by atoms with Gasteiger partial charge >= 0.3 is 0 Å². The van der Waals surface area contributed by atoms with E-state index in [0.29, 0.717) is 0 Å². The van der Waals surface area contributed by atoms with Crippen molar-refractivity contribution in [2.24, 2.45) is 0 Å². The van der Waals surface area contributed by atoms with Crippen LogP contribution in [-0.4, -0.2) is 14.5 Å². The van der Waals surface area contributed by atoms with Gasteiger partial charge in [0.05, 0.1) is 0 Å². The number of nitrogens with zero attached hydrogens (tertiary/aromatic N) is 3. The lowest BCUT2D eigenvalue weighted by molar-refractivity contribution is 0.784. The summed E-state index contributed by atoms with van der Waals surface area (Å²) in [5.41, 5.74) is 1.03. The van der Waals surface area contributed by atoms with Gasteiger partial charge in [-0.2, -0.15) is 0 Å². The van der Waals surface area contributed by atoms with Crippen LogP contribution in [0.25, 0.3) is 11.0 Å². The lowest BCUT2D eigenvalue weighted by Gasteiger charge is -1.98. The van der Waals surface area contributed by atoms with Crippen molar-refractivity contribution in [2.45, 2.75) is 20.4 Å². The van der Waals surface area contributed by atoms with Gasteiger partial charge in [-0.15, -0.1) is 0 Å². The molecule has 2 rings (SSSR count). The molecule has 0 aromatic carbocycles. The third-order valence-corrected chi connectivity index (χ3v) is 1.96. The molecule has 0 aliphatic heterocycles. The van der Waals surface area contributed by atoms with Gasteiger partial charge in [-0.1, -0.05) is 0 Å². The summed E-state index contributed by atoms with van der Waals surface area (Å²) < 4.78 is 2.12. The maximum atomic E-state index is 4.36. The van der Waals surface area contributed by atoms with Gasteiger partial charge in [-0.25, -0.2) is 9.97 Å². The van der Waals surface area contributed by atoms with E-state index in [0.717, 1.165) is 23.4 Å². The van der Waals surface area contributed by atoms with Crippen LogP contribution in [0.1, 0.15) is 12.7 Å². The van der Waals surface area contributed by atoms with E-state index in [1.807, 2.05) is 25.4 Å². The fourth-order valence-electron chi connectivity index (χ4n) is 1.31. The Morgan fingerprint density at radius 1 is 1.50 bits per heavy atom. The lowest BCUT2D eigenvalue weighted by atomic mass is 10.4. The van der Waals surface area contributed by atoms with Gasteiger partial charge in [-0.05, 0) is 19.9 Å². The third-order valence-electron chi connectivity index (χ3n) is 1.96. The van der Waals surface area contributed by atoms with Gasteiger partial charge in [0, 0.05) is 24.3 Å². The van der Waals surface area contributed by atoms with Crippen LogP contribution in [0.15, 0.2) is 18.5 Å². The predicted octanol–water partition coefficient (Wildman–Crippen LogP) is 1.76. The van der Waals surface area contributed by atoms with E-state index in [4.69, 9.17) is 0 Å². The van der Waals surface area contributed by atoms with E-state index < -0.39 is 0 Å². The van der Waals surface area contributed by atoms with Gasteiger partial charge in [-0.3, -0.25) is 0 Å².